The summed E-state index contributed by atoms with van der Waals surface area (Å²) >= 11 is 0. The summed E-state index contributed by atoms with van der Waals surface area (Å²) < 4.78 is 5.58. The zero-order chi connectivity index (χ0) is 10.7. The molecule has 3 heteroatoms. The predicted octanol–water partition coefficient (Wildman–Crippen LogP) is 2.64. The summed E-state index contributed by atoms with van der Waals surface area (Å²) in [4.78, 5) is 0. The van der Waals surface area contributed by atoms with Crippen molar-refractivity contribution in [2.45, 2.75) is 0 Å². The van der Waals surface area contributed by atoms with Gasteiger partial charge in [-0.3, -0.25) is 0 Å². The quantitative estimate of drug-likeness (QED) is 0.732. The Kier molecular flexibility index (Phi) is 2.46. The van der Waals surface area contributed by atoms with Crippen molar-refractivity contribution in [2.75, 3.05) is 11.5 Å². The summed E-state index contributed by atoms with van der Waals surface area (Å²) in [5.74, 6) is 1.47. The van der Waals surface area contributed by atoms with Crippen LogP contribution in [-0.4, -0.2) is 0 Å². The molecule has 0 atom stereocenters. The van der Waals surface area contributed by atoms with E-state index in [-0.39, 0.29) is 0 Å². The second-order valence-corrected chi connectivity index (χ2v) is 3.24. The molecule has 0 bridgehead atoms. The van der Waals surface area contributed by atoms with Crippen LogP contribution in [0.25, 0.3) is 0 Å². The van der Waals surface area contributed by atoms with Crippen LogP contribution in [0, 0.1) is 0 Å². The third-order valence-corrected chi connectivity index (χ3v) is 1.97. The topological polar surface area (TPSA) is 61.3 Å². The monoisotopic (exact) mass is 200 g/mol. The van der Waals surface area contributed by atoms with Crippen molar-refractivity contribution in [3.8, 4) is 11.5 Å². The van der Waals surface area contributed by atoms with Crippen LogP contribution in [0.2, 0.25) is 0 Å². The number of anilines is 2. The fourth-order valence-electron chi connectivity index (χ4n) is 1.25. The average Bonchev–Trinajstić information content (AvgIpc) is 2.22. The van der Waals surface area contributed by atoms with E-state index in [1.165, 1.54) is 0 Å². The Morgan fingerprint density at radius 1 is 0.733 bits per heavy atom. The first-order chi connectivity index (χ1) is 7.24. The number of nitrogens with two attached hydrogens (primary N) is 2. The van der Waals surface area contributed by atoms with Gasteiger partial charge in [-0.25, -0.2) is 0 Å². The van der Waals surface area contributed by atoms with Crippen molar-refractivity contribution in [1.82, 2.24) is 0 Å². The van der Waals surface area contributed by atoms with E-state index in [2.05, 4.69) is 0 Å². The van der Waals surface area contributed by atoms with Gasteiger partial charge in [-0.1, -0.05) is 6.07 Å². The van der Waals surface area contributed by atoms with Gasteiger partial charge in [0.15, 0.2) is 0 Å². The summed E-state index contributed by atoms with van der Waals surface area (Å²) in [5.41, 5.74) is 12.6. The highest BCUT2D eigenvalue weighted by molar-refractivity contribution is 5.46. The standard InChI is InChI=1S/C12H12N2O/c13-9-4-6-11(7-5-9)15-12-3-1-2-10(14)8-12/h1-8H,13-14H2. The molecule has 0 aliphatic carbocycles. The Balaban J connectivity index is 2.18. The highest BCUT2D eigenvalue weighted by Crippen LogP contribution is 2.23. The first-order valence-electron chi connectivity index (χ1n) is 4.63. The van der Waals surface area contributed by atoms with Gasteiger partial charge in [0.25, 0.3) is 0 Å². The molecule has 2 rings (SSSR count). The molecular weight excluding hydrogens is 188 g/mol. The van der Waals surface area contributed by atoms with E-state index in [1.807, 2.05) is 30.3 Å². The van der Waals surface area contributed by atoms with E-state index < -0.39 is 0 Å². The van der Waals surface area contributed by atoms with Crippen LogP contribution < -0.4 is 16.2 Å². The van der Waals surface area contributed by atoms with Crippen LogP contribution in [0.1, 0.15) is 0 Å². The van der Waals surface area contributed by atoms with Gasteiger partial charge >= 0.3 is 0 Å². The second-order valence-electron chi connectivity index (χ2n) is 3.24. The lowest BCUT2D eigenvalue weighted by atomic mass is 10.3. The third kappa shape index (κ3) is 2.40. The van der Waals surface area contributed by atoms with Crippen molar-refractivity contribution in [3.05, 3.63) is 48.5 Å². The van der Waals surface area contributed by atoms with Crippen molar-refractivity contribution < 1.29 is 4.74 Å². The number of hydrogen-bond donors (Lipinski definition) is 2. The molecular formula is C12H12N2O. The molecule has 3 nitrogen and oxygen atoms in total. The summed E-state index contributed by atoms with van der Waals surface area (Å²) in [7, 11) is 0. The molecule has 0 amide bonds. The minimum absolute atomic E-state index is 0.683. The smallest absolute Gasteiger partial charge is 0.129 e. The molecule has 0 aliphatic heterocycles. The Labute approximate surface area is 88.3 Å². The largest absolute Gasteiger partial charge is 0.457 e. The maximum atomic E-state index is 5.64. The fourth-order valence-corrected chi connectivity index (χ4v) is 1.25. The Hall–Kier alpha value is -2.16. The highest BCUT2D eigenvalue weighted by Gasteiger charge is 1.96. The van der Waals surface area contributed by atoms with Crippen LogP contribution >= 0.6 is 0 Å². The molecule has 0 fully saturated rings. The number of benzene rings is 2. The van der Waals surface area contributed by atoms with Gasteiger partial charge in [-0.05, 0) is 36.4 Å². The average molecular weight is 200 g/mol. The molecule has 0 saturated carbocycles. The zero-order valence-electron chi connectivity index (χ0n) is 8.18. The molecule has 2 aromatic rings. The van der Waals surface area contributed by atoms with E-state index in [0.717, 1.165) is 17.2 Å². The number of hydrogen-bond acceptors (Lipinski definition) is 3. The van der Waals surface area contributed by atoms with Crippen LogP contribution in [0.4, 0.5) is 11.4 Å². The maximum absolute atomic E-state index is 5.64. The maximum Gasteiger partial charge on any atom is 0.129 e. The molecule has 0 unspecified atom stereocenters. The lowest BCUT2D eigenvalue weighted by Gasteiger charge is -2.06. The van der Waals surface area contributed by atoms with Gasteiger partial charge in [0, 0.05) is 17.4 Å². The molecule has 0 heterocycles. The summed E-state index contributed by atoms with van der Waals surface area (Å²) in [6, 6.07) is 14.5. The molecule has 0 radical (unpaired) electrons. The predicted molar refractivity (Wildman–Crippen MR) is 61.8 cm³/mol. The summed E-state index contributed by atoms with van der Waals surface area (Å²) in [6.07, 6.45) is 0. The Morgan fingerprint density at radius 2 is 1.47 bits per heavy atom. The third-order valence-electron chi connectivity index (χ3n) is 1.97. The van der Waals surface area contributed by atoms with Gasteiger partial charge in [0.2, 0.25) is 0 Å². The fraction of sp³-hybridized carbons (Fsp3) is 0. The number of rotatable bonds is 2. The van der Waals surface area contributed by atoms with Gasteiger partial charge < -0.3 is 16.2 Å². The molecule has 15 heavy (non-hydrogen) atoms. The van der Waals surface area contributed by atoms with E-state index in [0.29, 0.717) is 5.69 Å². The second kappa shape index (κ2) is 3.92. The van der Waals surface area contributed by atoms with Crippen LogP contribution in [0.15, 0.2) is 48.5 Å². The van der Waals surface area contributed by atoms with Crippen LogP contribution in [-0.2, 0) is 0 Å². The zero-order valence-corrected chi connectivity index (χ0v) is 8.18. The molecule has 76 valence electrons. The van der Waals surface area contributed by atoms with Crippen LogP contribution in [0.5, 0.6) is 11.5 Å². The van der Waals surface area contributed by atoms with Crippen LogP contribution in [0.3, 0.4) is 0 Å². The Bertz CT molecular complexity index is 451. The van der Waals surface area contributed by atoms with Gasteiger partial charge in [-0.15, -0.1) is 0 Å². The normalized spacial score (nSPS) is 9.87. The van der Waals surface area contributed by atoms with Gasteiger partial charge in [0.05, 0.1) is 0 Å². The number of ether oxygens (including phenoxy) is 1. The summed E-state index contributed by atoms with van der Waals surface area (Å²) in [5, 5.41) is 0. The minimum Gasteiger partial charge on any atom is -0.457 e. The van der Waals surface area contributed by atoms with Gasteiger partial charge in [-0.2, -0.15) is 0 Å². The van der Waals surface area contributed by atoms with E-state index in [9.17, 15) is 0 Å². The van der Waals surface area contributed by atoms with E-state index in [1.54, 1.807) is 18.2 Å². The molecule has 0 aromatic heterocycles. The molecule has 0 spiro atoms. The molecule has 4 N–H and O–H groups in total. The minimum atomic E-state index is 0.683. The summed E-state index contributed by atoms with van der Waals surface area (Å²) in [6.45, 7) is 0. The Morgan fingerprint density at radius 3 is 2.13 bits per heavy atom. The molecule has 2 aromatic carbocycles. The van der Waals surface area contributed by atoms with Crippen molar-refractivity contribution in [1.29, 1.82) is 0 Å². The highest BCUT2D eigenvalue weighted by atomic mass is 16.5. The van der Waals surface area contributed by atoms with Gasteiger partial charge in [0.1, 0.15) is 11.5 Å². The lowest BCUT2D eigenvalue weighted by molar-refractivity contribution is 0.483. The lowest BCUT2D eigenvalue weighted by Crippen LogP contribution is -1.88. The first-order valence-corrected chi connectivity index (χ1v) is 4.63. The SMILES string of the molecule is Nc1ccc(Oc2cccc(N)c2)cc1. The number of nitrogen functional groups attached to an aromatic ring is 2. The first kappa shape index (κ1) is 9.40. The van der Waals surface area contributed by atoms with Crippen molar-refractivity contribution in [3.63, 3.8) is 0 Å². The molecule has 0 saturated heterocycles. The molecule has 0 aliphatic rings. The van der Waals surface area contributed by atoms with E-state index in [4.69, 9.17) is 16.2 Å². The van der Waals surface area contributed by atoms with Crippen molar-refractivity contribution >= 4 is 11.4 Å². The van der Waals surface area contributed by atoms with Crippen molar-refractivity contribution in [2.24, 2.45) is 0 Å². The van der Waals surface area contributed by atoms with E-state index >= 15 is 0 Å².